The van der Waals surface area contributed by atoms with E-state index < -0.39 is 0 Å². The fourth-order valence-electron chi connectivity index (χ4n) is 11.6. The molecule has 0 amide bonds. The maximum atomic E-state index is 2.80. The molecule has 20 heavy (non-hydrogen) atoms. The molecular weight excluding hydrogens is 240 g/mol. The molecule has 0 radical (unpaired) electrons. The Labute approximate surface area is 123 Å². The van der Waals surface area contributed by atoms with Crippen molar-refractivity contribution in [1.29, 1.82) is 0 Å². The molecule has 4 spiro atoms. The second-order valence-corrected chi connectivity index (χ2v) is 11.4. The van der Waals surface area contributed by atoms with Gasteiger partial charge in [-0.25, -0.2) is 0 Å². The van der Waals surface area contributed by atoms with E-state index in [0.29, 0.717) is 0 Å². The maximum absolute atomic E-state index is 2.80. The Morgan fingerprint density at radius 1 is 0.600 bits per heavy atom. The van der Waals surface area contributed by atoms with E-state index in [1.165, 1.54) is 0 Å². The van der Waals surface area contributed by atoms with Gasteiger partial charge in [0.1, 0.15) is 0 Å². The Balaban J connectivity index is 1.66. The number of fused-ring (bicyclic) bond motifs is 2. The molecule has 0 saturated heterocycles. The lowest BCUT2D eigenvalue weighted by atomic mass is 9.11. The summed E-state index contributed by atoms with van der Waals surface area (Å²) in [6.45, 7) is 5.59. The maximum Gasteiger partial charge on any atom is -0.0201 e. The minimum atomic E-state index is 0.774. The van der Waals surface area contributed by atoms with Crippen LogP contribution >= 0.6 is 0 Å². The zero-order chi connectivity index (χ0) is 13.2. The average molecular weight is 268 g/mol. The first kappa shape index (κ1) is 10.7. The minimum absolute atomic E-state index is 0.774. The van der Waals surface area contributed by atoms with Crippen LogP contribution < -0.4 is 0 Å². The Hall–Kier alpha value is 0. The summed E-state index contributed by atoms with van der Waals surface area (Å²) in [6.07, 6.45) is 16.5. The van der Waals surface area contributed by atoms with Gasteiger partial charge in [-0.15, -0.1) is 0 Å². The van der Waals surface area contributed by atoms with Crippen LogP contribution in [0.3, 0.4) is 0 Å². The molecule has 0 heteroatoms. The van der Waals surface area contributed by atoms with Crippen LogP contribution in [0.4, 0.5) is 0 Å². The van der Waals surface area contributed by atoms with Crippen molar-refractivity contribution in [2.24, 2.45) is 44.3 Å². The van der Waals surface area contributed by atoms with Gasteiger partial charge in [-0.3, -0.25) is 0 Å². The molecule has 0 aromatic rings. The Morgan fingerprint density at radius 2 is 1.05 bits per heavy atom. The quantitative estimate of drug-likeness (QED) is 0.568. The van der Waals surface area contributed by atoms with Crippen molar-refractivity contribution in [3.05, 3.63) is 0 Å². The molecule has 0 aromatic carbocycles. The summed E-state index contributed by atoms with van der Waals surface area (Å²) in [5.74, 6) is 2.28. The van der Waals surface area contributed by atoms with Crippen molar-refractivity contribution in [2.75, 3.05) is 0 Å². The third-order valence-corrected chi connectivity index (χ3v) is 11.5. The summed E-state index contributed by atoms with van der Waals surface area (Å²) >= 11 is 0. The highest BCUT2D eigenvalue weighted by atomic mass is 14.9. The van der Waals surface area contributed by atoms with Crippen LogP contribution in [0.2, 0.25) is 0 Å². The predicted molar refractivity (Wildman–Crippen MR) is 79.1 cm³/mol. The van der Waals surface area contributed by atoms with Crippen molar-refractivity contribution in [3.63, 3.8) is 0 Å². The fraction of sp³-hybridized carbons (Fsp3) is 1.00. The van der Waals surface area contributed by atoms with Gasteiger partial charge in [0.25, 0.3) is 0 Å². The van der Waals surface area contributed by atoms with Crippen LogP contribution in [-0.4, -0.2) is 0 Å². The van der Waals surface area contributed by atoms with Crippen molar-refractivity contribution < 1.29 is 0 Å². The first-order valence-electron chi connectivity index (χ1n) is 9.42. The first-order valence-corrected chi connectivity index (χ1v) is 9.42. The third-order valence-electron chi connectivity index (χ3n) is 11.5. The SMILES string of the molecule is CC12CC34CCC15CC16CCC(C3)(C2C1)C(C)(C6)C5C4. The van der Waals surface area contributed by atoms with Crippen LogP contribution in [-0.2, 0) is 0 Å². The molecule has 11 aliphatic carbocycles. The van der Waals surface area contributed by atoms with Crippen LogP contribution in [0.25, 0.3) is 0 Å². The monoisotopic (exact) mass is 268 g/mol. The Morgan fingerprint density at radius 3 is 1.50 bits per heavy atom. The molecule has 11 aliphatic rings. The van der Waals surface area contributed by atoms with Gasteiger partial charge < -0.3 is 0 Å². The lowest BCUT2D eigenvalue weighted by Crippen LogP contribution is -2.86. The summed E-state index contributed by atoms with van der Waals surface area (Å²) in [6, 6.07) is 0. The van der Waals surface area contributed by atoms with Gasteiger partial charge in [0, 0.05) is 0 Å². The summed E-state index contributed by atoms with van der Waals surface area (Å²) in [5, 5.41) is 0. The van der Waals surface area contributed by atoms with Crippen molar-refractivity contribution in [1.82, 2.24) is 0 Å². The van der Waals surface area contributed by atoms with E-state index in [4.69, 9.17) is 0 Å². The number of rotatable bonds is 0. The lowest BCUT2D eigenvalue weighted by Gasteiger charge is -2.94. The molecule has 11 fully saturated rings. The standard InChI is InChI=1S/C20H28/c1-15-9-17-3-5-19(15)11-18-4-6-20(12-17,13(15)7-18)16(2,10-18)14(19)8-17/h13-14H,3-12H2,1-2H3. The molecule has 0 aromatic heterocycles. The lowest BCUT2D eigenvalue weighted by molar-refractivity contribution is -0.450. The second-order valence-electron chi connectivity index (χ2n) is 11.4. The molecule has 0 aliphatic heterocycles. The number of hydrogen-bond acceptors (Lipinski definition) is 0. The Bertz CT molecular complexity index is 541. The van der Waals surface area contributed by atoms with Gasteiger partial charge in [-0.05, 0) is 109 Å². The number of hydrogen-bond donors (Lipinski definition) is 0. The van der Waals surface area contributed by atoms with Crippen LogP contribution in [0.1, 0.15) is 78.1 Å². The second kappa shape index (κ2) is 2.28. The highest BCUT2D eigenvalue weighted by Crippen LogP contribution is 2.97. The van der Waals surface area contributed by atoms with Crippen molar-refractivity contribution in [3.8, 4) is 0 Å². The largest absolute Gasteiger partial charge is 0.0588 e. The summed E-state index contributed by atoms with van der Waals surface area (Å²) in [4.78, 5) is 0. The highest BCUT2D eigenvalue weighted by Gasteiger charge is 2.89. The van der Waals surface area contributed by atoms with E-state index in [1.54, 1.807) is 64.2 Å². The molecule has 8 bridgehead atoms. The van der Waals surface area contributed by atoms with Crippen molar-refractivity contribution >= 4 is 0 Å². The average Bonchev–Trinajstić information content (AvgIpc) is 2.41. The van der Waals surface area contributed by atoms with Crippen LogP contribution in [0.15, 0.2) is 0 Å². The van der Waals surface area contributed by atoms with Gasteiger partial charge in [-0.2, -0.15) is 0 Å². The molecular formula is C20H28. The van der Waals surface area contributed by atoms with E-state index >= 15 is 0 Å². The van der Waals surface area contributed by atoms with E-state index in [1.807, 2.05) is 0 Å². The van der Waals surface area contributed by atoms with Gasteiger partial charge in [0.15, 0.2) is 0 Å². The third kappa shape index (κ3) is 0.642. The molecule has 11 rings (SSSR count). The first-order chi connectivity index (χ1) is 9.42. The van der Waals surface area contributed by atoms with E-state index in [0.717, 1.165) is 44.3 Å². The van der Waals surface area contributed by atoms with Crippen LogP contribution in [0.5, 0.6) is 0 Å². The summed E-state index contributed by atoms with van der Waals surface area (Å²) < 4.78 is 0. The van der Waals surface area contributed by atoms with Gasteiger partial charge >= 0.3 is 0 Å². The van der Waals surface area contributed by atoms with E-state index in [-0.39, 0.29) is 0 Å². The molecule has 8 unspecified atom stereocenters. The normalized spacial score (nSPS) is 80.7. The topological polar surface area (TPSA) is 0 Å². The molecule has 0 nitrogen and oxygen atoms in total. The predicted octanol–water partition coefficient (Wildman–Crippen LogP) is 5.17. The van der Waals surface area contributed by atoms with E-state index in [2.05, 4.69) is 13.8 Å². The van der Waals surface area contributed by atoms with Crippen LogP contribution in [0, 0.1) is 44.3 Å². The zero-order valence-electron chi connectivity index (χ0n) is 13.2. The smallest absolute Gasteiger partial charge is 0.0201 e. The molecule has 0 N–H and O–H groups in total. The Kier molecular flexibility index (Phi) is 1.22. The van der Waals surface area contributed by atoms with Gasteiger partial charge in [-0.1, -0.05) is 13.8 Å². The molecule has 11 saturated carbocycles. The van der Waals surface area contributed by atoms with Crippen molar-refractivity contribution in [2.45, 2.75) is 78.1 Å². The zero-order valence-corrected chi connectivity index (χ0v) is 13.2. The molecule has 8 atom stereocenters. The molecule has 108 valence electrons. The highest BCUT2D eigenvalue weighted by molar-refractivity contribution is 5.38. The van der Waals surface area contributed by atoms with Gasteiger partial charge in [0.05, 0.1) is 0 Å². The minimum Gasteiger partial charge on any atom is -0.0588 e. The van der Waals surface area contributed by atoms with E-state index in [9.17, 15) is 0 Å². The summed E-state index contributed by atoms with van der Waals surface area (Å²) in [5.41, 5.74) is 4.83. The summed E-state index contributed by atoms with van der Waals surface area (Å²) in [7, 11) is 0. The fourth-order valence-corrected chi connectivity index (χ4v) is 11.6. The molecule has 0 heterocycles. The van der Waals surface area contributed by atoms with Gasteiger partial charge in [0.2, 0.25) is 0 Å².